The van der Waals surface area contributed by atoms with Gasteiger partial charge in [0.2, 0.25) is 0 Å². The first-order chi connectivity index (χ1) is 23.8. The number of hydrogen-bond acceptors (Lipinski definition) is 8. The third-order valence-electron chi connectivity index (χ3n) is 8.42. The molecule has 0 atom stereocenters. The molecular weight excluding hydrogens is 636 g/mol. The molecule has 12 heteroatoms. The number of piperazine rings is 1. The van der Waals surface area contributed by atoms with E-state index in [9.17, 15) is 9.59 Å². The van der Waals surface area contributed by atoms with Crippen molar-refractivity contribution >= 4 is 34.0 Å². The van der Waals surface area contributed by atoms with Gasteiger partial charge in [0.05, 0.1) is 0 Å². The van der Waals surface area contributed by atoms with Crippen molar-refractivity contribution in [1.29, 1.82) is 0 Å². The van der Waals surface area contributed by atoms with E-state index in [0.29, 0.717) is 39.1 Å². The van der Waals surface area contributed by atoms with Gasteiger partial charge in [0.15, 0.2) is 0 Å². The smallest absolute Gasteiger partial charge is 0.407 e. The van der Waals surface area contributed by atoms with Crippen LogP contribution < -0.4 is 20.1 Å². The molecule has 0 unspecified atom stereocenters. The molecule has 0 saturated carbocycles. The van der Waals surface area contributed by atoms with Crippen LogP contribution in [0.4, 0.5) is 9.59 Å². The Hall–Kier alpha value is -4.42. The Labute approximate surface area is 295 Å². The molecule has 272 valence electrons. The van der Waals surface area contributed by atoms with Crippen molar-refractivity contribution < 1.29 is 28.5 Å². The van der Waals surface area contributed by atoms with E-state index < -0.39 is 23.4 Å². The minimum atomic E-state index is -0.515. The van der Waals surface area contributed by atoms with Crippen LogP contribution in [0.3, 0.4) is 0 Å². The Balaban J connectivity index is 0.986. The van der Waals surface area contributed by atoms with Crippen LogP contribution in [0.2, 0.25) is 0 Å². The number of carbonyl (C=O) groups is 2. The lowest BCUT2D eigenvalue weighted by Gasteiger charge is -2.34. The third-order valence-corrected chi connectivity index (χ3v) is 8.42. The predicted octanol–water partition coefficient (Wildman–Crippen LogP) is 5.86. The van der Waals surface area contributed by atoms with Crippen molar-refractivity contribution in [2.45, 2.75) is 65.6 Å². The number of rotatable bonds is 14. The summed E-state index contributed by atoms with van der Waals surface area (Å²) in [4.78, 5) is 35.5. The van der Waals surface area contributed by atoms with Crippen LogP contribution in [0.15, 0.2) is 48.8 Å². The molecule has 2 amide bonds. The molecule has 1 aliphatic heterocycles. The highest BCUT2D eigenvalue weighted by Crippen LogP contribution is 2.25. The quantitative estimate of drug-likeness (QED) is 0.129. The zero-order valence-corrected chi connectivity index (χ0v) is 30.4. The minimum Gasteiger partial charge on any atom is -0.492 e. The van der Waals surface area contributed by atoms with E-state index in [2.05, 4.69) is 42.5 Å². The number of aromatic amines is 2. The SMILES string of the molecule is CC(C)(C)OC(=O)NCCc1c[nH]c2ccc(OCCN3CCN(CCOc4ccc5[nH]cc(CCNC(=O)OC(C)(C)C)c5c4)CC3)cc12. The maximum atomic E-state index is 12.0. The Morgan fingerprint density at radius 3 is 1.44 bits per heavy atom. The Morgan fingerprint density at radius 2 is 1.06 bits per heavy atom. The van der Waals surface area contributed by atoms with Gasteiger partial charge in [0.1, 0.15) is 35.9 Å². The average molecular weight is 691 g/mol. The molecule has 5 rings (SSSR count). The summed E-state index contributed by atoms with van der Waals surface area (Å²) in [5.41, 5.74) is 3.31. The van der Waals surface area contributed by atoms with Gasteiger partial charge in [-0.15, -0.1) is 0 Å². The van der Waals surface area contributed by atoms with E-state index in [-0.39, 0.29) is 0 Å². The maximum absolute atomic E-state index is 12.0. The highest BCUT2D eigenvalue weighted by Gasteiger charge is 2.19. The summed E-state index contributed by atoms with van der Waals surface area (Å²) in [5, 5.41) is 7.87. The van der Waals surface area contributed by atoms with Crippen molar-refractivity contribution in [2.24, 2.45) is 0 Å². The summed E-state index contributed by atoms with van der Waals surface area (Å²) < 4.78 is 23.0. The van der Waals surface area contributed by atoms with E-state index in [1.807, 2.05) is 78.2 Å². The number of alkyl carbamates (subject to hydrolysis) is 2. The van der Waals surface area contributed by atoms with Crippen LogP contribution in [0, 0.1) is 0 Å². The number of hydrogen-bond donors (Lipinski definition) is 4. The fourth-order valence-corrected chi connectivity index (χ4v) is 5.96. The third kappa shape index (κ3) is 11.3. The lowest BCUT2D eigenvalue weighted by Crippen LogP contribution is -2.48. The number of ether oxygens (including phenoxy) is 4. The molecule has 0 radical (unpaired) electrons. The van der Waals surface area contributed by atoms with Crippen molar-refractivity contribution in [3.8, 4) is 11.5 Å². The number of aromatic nitrogens is 2. The van der Waals surface area contributed by atoms with E-state index >= 15 is 0 Å². The highest BCUT2D eigenvalue weighted by atomic mass is 16.6. The first kappa shape index (κ1) is 36.9. The van der Waals surface area contributed by atoms with Crippen LogP contribution in [0.1, 0.15) is 52.7 Å². The van der Waals surface area contributed by atoms with E-state index in [1.54, 1.807) is 0 Å². The first-order valence-electron chi connectivity index (χ1n) is 17.7. The molecule has 50 heavy (non-hydrogen) atoms. The summed E-state index contributed by atoms with van der Waals surface area (Å²) in [6.45, 7) is 19.1. The lowest BCUT2D eigenvalue weighted by molar-refractivity contribution is 0.0517. The van der Waals surface area contributed by atoms with Crippen LogP contribution in [-0.4, -0.2) is 109 Å². The zero-order chi connectivity index (χ0) is 35.7. The number of benzene rings is 2. The molecule has 0 bridgehead atoms. The molecule has 1 fully saturated rings. The van der Waals surface area contributed by atoms with Crippen LogP contribution in [0.5, 0.6) is 11.5 Å². The number of amides is 2. The molecule has 12 nitrogen and oxygen atoms in total. The van der Waals surface area contributed by atoms with Gasteiger partial charge in [-0.25, -0.2) is 9.59 Å². The standard InChI is InChI=1S/C38H54N6O6/c1-37(2,3)49-35(45)39-13-11-27-25-41-33-9-7-29(23-31(27)33)47-21-19-43-15-17-44(18-16-43)20-22-48-30-8-10-34-32(24-30)28(26-42-34)12-14-40-36(46)50-38(4,5)6/h7-10,23-26,41-42H,11-22H2,1-6H3,(H,39,45)(H,40,46). The van der Waals surface area contributed by atoms with Gasteiger partial charge >= 0.3 is 12.2 Å². The number of nitrogens with one attached hydrogen (secondary N) is 4. The van der Waals surface area contributed by atoms with Gasteiger partial charge in [-0.3, -0.25) is 9.80 Å². The number of H-pyrrole nitrogens is 2. The summed E-state index contributed by atoms with van der Waals surface area (Å²) in [5.74, 6) is 1.69. The fourth-order valence-electron chi connectivity index (χ4n) is 5.96. The van der Waals surface area contributed by atoms with Gasteiger partial charge in [-0.2, -0.15) is 0 Å². The van der Waals surface area contributed by atoms with Crippen molar-refractivity contribution in [2.75, 3.05) is 65.6 Å². The summed E-state index contributed by atoms with van der Waals surface area (Å²) in [6, 6.07) is 12.2. The normalized spacial score (nSPS) is 14.5. The van der Waals surface area contributed by atoms with Crippen LogP contribution >= 0.6 is 0 Å². The van der Waals surface area contributed by atoms with Gasteiger partial charge in [0.25, 0.3) is 0 Å². The summed E-state index contributed by atoms with van der Waals surface area (Å²) in [6.07, 6.45) is 4.56. The number of fused-ring (bicyclic) bond motifs is 2. The molecule has 2 aromatic heterocycles. The first-order valence-corrected chi connectivity index (χ1v) is 17.7. The fraction of sp³-hybridized carbons (Fsp3) is 0.526. The molecule has 1 aliphatic rings. The largest absolute Gasteiger partial charge is 0.492 e. The molecular formula is C38H54N6O6. The van der Waals surface area contributed by atoms with Crippen molar-refractivity contribution in [3.05, 3.63) is 59.9 Å². The number of carbonyl (C=O) groups excluding carboxylic acids is 2. The van der Waals surface area contributed by atoms with Crippen molar-refractivity contribution in [3.63, 3.8) is 0 Å². The van der Waals surface area contributed by atoms with E-state index in [1.165, 1.54) is 0 Å². The molecule has 4 aromatic rings. The minimum absolute atomic E-state index is 0.403. The van der Waals surface area contributed by atoms with Crippen LogP contribution in [-0.2, 0) is 22.3 Å². The van der Waals surface area contributed by atoms with Gasteiger partial charge < -0.3 is 39.5 Å². The molecule has 3 heterocycles. The van der Waals surface area contributed by atoms with E-state index in [0.717, 1.165) is 83.7 Å². The second kappa shape index (κ2) is 16.5. The second-order valence-corrected chi connectivity index (χ2v) is 14.8. The average Bonchev–Trinajstić information content (AvgIpc) is 3.63. The zero-order valence-electron chi connectivity index (χ0n) is 30.4. The Bertz CT molecular complexity index is 1580. The molecule has 1 saturated heterocycles. The van der Waals surface area contributed by atoms with Crippen molar-refractivity contribution in [1.82, 2.24) is 30.4 Å². The molecule has 4 N–H and O–H groups in total. The van der Waals surface area contributed by atoms with Gasteiger partial charge in [-0.05, 0) is 102 Å². The van der Waals surface area contributed by atoms with Gasteiger partial charge in [-0.1, -0.05) is 0 Å². The summed E-state index contributed by atoms with van der Waals surface area (Å²) in [7, 11) is 0. The van der Waals surface area contributed by atoms with Crippen LogP contribution in [0.25, 0.3) is 21.8 Å². The maximum Gasteiger partial charge on any atom is 0.407 e. The molecule has 2 aromatic carbocycles. The summed E-state index contributed by atoms with van der Waals surface area (Å²) >= 11 is 0. The predicted molar refractivity (Wildman–Crippen MR) is 196 cm³/mol. The molecule has 0 aliphatic carbocycles. The number of nitrogens with zero attached hydrogens (tertiary/aromatic N) is 2. The Morgan fingerprint density at radius 1 is 0.660 bits per heavy atom. The monoisotopic (exact) mass is 690 g/mol. The lowest BCUT2D eigenvalue weighted by atomic mass is 10.1. The highest BCUT2D eigenvalue weighted by molar-refractivity contribution is 5.85. The molecule has 0 spiro atoms. The van der Waals surface area contributed by atoms with Gasteiger partial charge in [0, 0.05) is 86.6 Å². The van der Waals surface area contributed by atoms with E-state index in [4.69, 9.17) is 18.9 Å². The topological polar surface area (TPSA) is 133 Å². The Kier molecular flexibility index (Phi) is 12.2. The second-order valence-electron chi connectivity index (χ2n) is 14.8.